The van der Waals surface area contributed by atoms with Gasteiger partial charge in [0.15, 0.2) is 11.6 Å². The molecule has 4 aromatic rings. The lowest BCUT2D eigenvalue weighted by molar-refractivity contribution is 0.0389. The summed E-state index contributed by atoms with van der Waals surface area (Å²) in [6, 6.07) is 14.2. The summed E-state index contributed by atoms with van der Waals surface area (Å²) >= 11 is 3.48. The summed E-state index contributed by atoms with van der Waals surface area (Å²) in [7, 11) is 1.67. The molecule has 0 spiro atoms. The quantitative estimate of drug-likeness (QED) is 0.399. The molecule has 0 radical (unpaired) electrons. The Morgan fingerprint density at radius 2 is 2.00 bits per heavy atom. The molecule has 0 saturated carbocycles. The summed E-state index contributed by atoms with van der Waals surface area (Å²) in [5.74, 6) is 2.24. The Kier molecular flexibility index (Phi) is 5.63. The van der Waals surface area contributed by atoms with E-state index in [1.165, 1.54) is 0 Å². The third kappa shape index (κ3) is 4.11. The molecular weight excluding hydrogens is 470 g/mol. The van der Waals surface area contributed by atoms with E-state index in [9.17, 15) is 0 Å². The molecule has 162 valence electrons. The van der Waals surface area contributed by atoms with Crippen molar-refractivity contribution in [1.29, 1.82) is 0 Å². The van der Waals surface area contributed by atoms with Gasteiger partial charge in [0.1, 0.15) is 11.9 Å². The van der Waals surface area contributed by atoms with Gasteiger partial charge < -0.3 is 14.0 Å². The molecule has 0 N–H and O–H groups in total. The second-order valence-electron chi connectivity index (χ2n) is 7.54. The van der Waals surface area contributed by atoms with E-state index in [0.717, 1.165) is 38.6 Å². The van der Waals surface area contributed by atoms with Crippen LogP contribution in [0.1, 0.15) is 34.6 Å². The summed E-state index contributed by atoms with van der Waals surface area (Å²) in [5.41, 5.74) is 3.95. The van der Waals surface area contributed by atoms with Crippen molar-refractivity contribution in [3.05, 3.63) is 87.9 Å². The highest BCUT2D eigenvalue weighted by Gasteiger charge is 2.26. The number of methoxy groups -OCH3 is 1. The molecule has 0 aliphatic carbocycles. The average Bonchev–Trinajstić information content (AvgIpc) is 3.43. The Hall–Kier alpha value is -3.23. The van der Waals surface area contributed by atoms with Crippen LogP contribution in [0.15, 0.2) is 59.5 Å². The van der Waals surface area contributed by atoms with E-state index in [1.807, 2.05) is 77.0 Å². The lowest BCUT2D eigenvalue weighted by atomic mass is 10.1. The van der Waals surface area contributed by atoms with Gasteiger partial charge in [-0.3, -0.25) is 0 Å². The van der Waals surface area contributed by atoms with E-state index < -0.39 is 0 Å². The Morgan fingerprint density at radius 1 is 1.16 bits per heavy atom. The van der Waals surface area contributed by atoms with Gasteiger partial charge in [-0.05, 0) is 48.4 Å². The molecule has 0 bridgehead atoms. The molecule has 2 aromatic carbocycles. The van der Waals surface area contributed by atoms with Crippen LogP contribution >= 0.6 is 15.9 Å². The molecule has 1 atom stereocenters. The maximum absolute atomic E-state index is 6.01. The minimum atomic E-state index is -0.218. The van der Waals surface area contributed by atoms with Crippen LogP contribution < -0.4 is 4.74 Å². The molecule has 0 amide bonds. The Morgan fingerprint density at radius 3 is 2.75 bits per heavy atom. The first-order valence-corrected chi connectivity index (χ1v) is 11.1. The van der Waals surface area contributed by atoms with Crippen LogP contribution in [0.25, 0.3) is 17.8 Å². The number of fused-ring (bicyclic) bond motifs is 1. The number of aryl methyl sites for hydroxylation is 1. The van der Waals surface area contributed by atoms with Gasteiger partial charge in [0.25, 0.3) is 0 Å². The summed E-state index contributed by atoms with van der Waals surface area (Å²) in [6.07, 6.45) is 7.44. The third-order valence-corrected chi connectivity index (χ3v) is 5.86. The number of halogens is 1. The Balaban J connectivity index is 1.40. The van der Waals surface area contributed by atoms with Crippen LogP contribution in [0.5, 0.6) is 5.75 Å². The highest BCUT2D eigenvalue weighted by molar-refractivity contribution is 9.10. The van der Waals surface area contributed by atoms with E-state index in [2.05, 4.69) is 26.0 Å². The first-order valence-electron chi connectivity index (χ1n) is 10.3. The minimum absolute atomic E-state index is 0.218. The van der Waals surface area contributed by atoms with E-state index in [0.29, 0.717) is 19.0 Å². The van der Waals surface area contributed by atoms with Crippen molar-refractivity contribution in [1.82, 2.24) is 24.3 Å². The maximum Gasteiger partial charge on any atom is 0.174 e. The average molecular weight is 492 g/mol. The number of hydrogen-bond acceptors (Lipinski definition) is 5. The van der Waals surface area contributed by atoms with Crippen LogP contribution in [0.3, 0.4) is 0 Å². The highest BCUT2D eigenvalue weighted by atomic mass is 79.9. The van der Waals surface area contributed by atoms with Crippen LogP contribution in [0.2, 0.25) is 0 Å². The summed E-state index contributed by atoms with van der Waals surface area (Å²) in [5, 5.41) is 4.66. The fraction of sp³-hybridized carbons (Fsp3) is 0.208. The molecule has 0 fully saturated rings. The zero-order valence-electron chi connectivity index (χ0n) is 17.8. The lowest BCUT2D eigenvalue weighted by Crippen LogP contribution is -2.23. The second kappa shape index (κ2) is 8.72. The van der Waals surface area contributed by atoms with E-state index >= 15 is 0 Å². The van der Waals surface area contributed by atoms with Gasteiger partial charge in [0.05, 0.1) is 38.0 Å². The van der Waals surface area contributed by atoms with Crippen LogP contribution in [0.4, 0.5) is 0 Å². The van der Waals surface area contributed by atoms with Crippen LogP contribution in [-0.2, 0) is 11.3 Å². The summed E-state index contributed by atoms with van der Waals surface area (Å²) in [6.45, 7) is 3.26. The van der Waals surface area contributed by atoms with E-state index in [4.69, 9.17) is 14.5 Å². The Bertz CT molecular complexity index is 1280. The third-order valence-electron chi connectivity index (χ3n) is 5.33. The number of hydrogen-bond donors (Lipinski definition) is 0. The van der Waals surface area contributed by atoms with Gasteiger partial charge in [0.2, 0.25) is 0 Å². The predicted molar refractivity (Wildman–Crippen MR) is 126 cm³/mol. The van der Waals surface area contributed by atoms with Gasteiger partial charge in [-0.2, -0.15) is 5.10 Å². The molecule has 3 heterocycles. The first-order chi connectivity index (χ1) is 15.6. The van der Waals surface area contributed by atoms with Crippen molar-refractivity contribution in [3.8, 4) is 11.4 Å². The number of benzene rings is 2. The van der Waals surface area contributed by atoms with Gasteiger partial charge in [0, 0.05) is 10.7 Å². The maximum atomic E-state index is 6.01. The van der Waals surface area contributed by atoms with Crippen molar-refractivity contribution >= 4 is 28.1 Å². The second-order valence-corrected chi connectivity index (χ2v) is 8.46. The molecule has 0 saturated heterocycles. The summed E-state index contributed by atoms with van der Waals surface area (Å²) < 4.78 is 16.5. The molecule has 0 unspecified atom stereocenters. The van der Waals surface area contributed by atoms with E-state index in [-0.39, 0.29) is 6.10 Å². The van der Waals surface area contributed by atoms with Gasteiger partial charge in [-0.25, -0.2) is 14.6 Å². The van der Waals surface area contributed by atoms with Crippen molar-refractivity contribution in [2.45, 2.75) is 19.6 Å². The predicted octanol–water partition coefficient (Wildman–Crippen LogP) is 4.83. The Labute approximate surface area is 194 Å². The van der Waals surface area contributed by atoms with Gasteiger partial charge in [-0.1, -0.05) is 40.2 Å². The van der Waals surface area contributed by atoms with Crippen molar-refractivity contribution < 1.29 is 9.47 Å². The van der Waals surface area contributed by atoms with Crippen molar-refractivity contribution in [3.63, 3.8) is 0 Å². The molecule has 1 aliphatic heterocycles. The fourth-order valence-corrected chi connectivity index (χ4v) is 4.02. The normalized spacial score (nSPS) is 15.8. The van der Waals surface area contributed by atoms with Crippen molar-refractivity contribution in [2.75, 3.05) is 13.7 Å². The first kappa shape index (κ1) is 20.7. The standard InChI is InChI=1S/C24H22BrN5O2/c1-16-14-29(15-26-16)20-9-3-17(13-21(20)31-2)4-10-22-27-24-23(32-12-11-30(24)28-22)18-5-7-19(25)8-6-18/h3-10,13-15,23H,11-12H2,1-2H3/t23-/m1/s1. The van der Waals surface area contributed by atoms with Crippen LogP contribution in [-0.4, -0.2) is 38.0 Å². The van der Waals surface area contributed by atoms with E-state index in [1.54, 1.807) is 13.4 Å². The topological polar surface area (TPSA) is 67.0 Å². The molecule has 7 nitrogen and oxygen atoms in total. The van der Waals surface area contributed by atoms with Crippen molar-refractivity contribution in [2.24, 2.45) is 0 Å². The van der Waals surface area contributed by atoms with Gasteiger partial charge >= 0.3 is 0 Å². The number of ether oxygens (including phenoxy) is 2. The van der Waals surface area contributed by atoms with Crippen LogP contribution in [0, 0.1) is 6.92 Å². The minimum Gasteiger partial charge on any atom is -0.495 e. The SMILES string of the molecule is COc1cc(C=Cc2nc3n(n2)CCO[C@@H]3c2ccc(Br)cc2)ccc1-n1cnc(C)c1. The lowest BCUT2D eigenvalue weighted by Gasteiger charge is -2.23. The molecule has 8 heteroatoms. The zero-order chi connectivity index (χ0) is 22.1. The zero-order valence-corrected chi connectivity index (χ0v) is 19.4. The number of nitrogens with zero attached hydrogens (tertiary/aromatic N) is 5. The molecule has 1 aliphatic rings. The number of aromatic nitrogens is 5. The largest absolute Gasteiger partial charge is 0.495 e. The molecular formula is C24H22BrN5O2. The molecule has 5 rings (SSSR count). The smallest absolute Gasteiger partial charge is 0.174 e. The number of imidazole rings is 1. The fourth-order valence-electron chi connectivity index (χ4n) is 3.75. The molecule has 32 heavy (non-hydrogen) atoms. The molecule has 2 aromatic heterocycles. The highest BCUT2D eigenvalue weighted by Crippen LogP contribution is 2.29. The number of rotatable bonds is 5. The monoisotopic (exact) mass is 491 g/mol. The van der Waals surface area contributed by atoms with Gasteiger partial charge in [-0.15, -0.1) is 0 Å². The summed E-state index contributed by atoms with van der Waals surface area (Å²) in [4.78, 5) is 9.03.